The quantitative estimate of drug-likeness (QED) is 0.222. The number of carbonyl (C=O) groups is 1. The molecular weight excluding hydrogens is 661 g/mol. The molecule has 4 bridgehead atoms. The molecule has 6 rings (SSSR count). The normalized spacial score (nSPS) is 21.9. The van der Waals surface area contributed by atoms with Gasteiger partial charge in [0.25, 0.3) is 15.9 Å². The van der Waals surface area contributed by atoms with Crippen molar-refractivity contribution in [2.75, 3.05) is 16.8 Å². The van der Waals surface area contributed by atoms with Crippen molar-refractivity contribution >= 4 is 27.6 Å². The van der Waals surface area contributed by atoms with Crippen molar-refractivity contribution in [3.63, 3.8) is 0 Å². The fraction of sp³-hybridized carbons (Fsp3) is 0.513. The lowest BCUT2D eigenvalue weighted by Crippen LogP contribution is -2.41. The maximum Gasteiger partial charge on any atom is 0.281 e. The molecule has 4 aromatic heterocycles. The Morgan fingerprint density at radius 3 is 2.43 bits per heavy atom. The van der Waals surface area contributed by atoms with Gasteiger partial charge < -0.3 is 10.2 Å². The molecule has 2 aliphatic heterocycles. The molecule has 1 amide bonds. The number of rotatable bonds is 4. The Kier molecular flexibility index (Phi) is 9.54. The Labute approximate surface area is 302 Å². The highest BCUT2D eigenvalue weighted by Gasteiger charge is 2.43. The van der Waals surface area contributed by atoms with Crippen molar-refractivity contribution in [3.05, 3.63) is 77.9 Å². The number of aromatic nitrogens is 5. The van der Waals surface area contributed by atoms with Crippen LogP contribution in [-0.2, 0) is 22.0 Å². The maximum atomic E-state index is 13.8. The third kappa shape index (κ3) is 8.11. The smallest absolute Gasteiger partial charge is 0.281 e. The third-order valence-corrected chi connectivity index (χ3v) is 11.4. The molecule has 0 aliphatic carbocycles. The van der Waals surface area contributed by atoms with Gasteiger partial charge in [0.05, 0.1) is 23.0 Å². The van der Waals surface area contributed by atoms with Crippen molar-refractivity contribution in [1.82, 2.24) is 29.5 Å². The number of carbonyl (C=O) groups excluding carboxylic acids is 1. The lowest BCUT2D eigenvalue weighted by molar-refractivity contribution is 0.0981. The van der Waals surface area contributed by atoms with Crippen molar-refractivity contribution in [1.29, 1.82) is 0 Å². The second kappa shape index (κ2) is 13.3. The largest absolute Gasteiger partial charge is 0.362 e. The van der Waals surface area contributed by atoms with Crippen LogP contribution in [0.1, 0.15) is 109 Å². The van der Waals surface area contributed by atoms with Gasteiger partial charge in [-0.3, -0.25) is 14.5 Å². The number of hydrogen-bond acceptors (Lipinski definition) is 9. The van der Waals surface area contributed by atoms with E-state index < -0.39 is 15.9 Å². The van der Waals surface area contributed by atoms with E-state index in [9.17, 15) is 13.2 Å². The summed E-state index contributed by atoms with van der Waals surface area (Å²) in [7, 11) is -4.31. The number of fused-ring (bicyclic) bond motifs is 6. The number of aryl methyl sites for hydroxylation is 1. The summed E-state index contributed by atoms with van der Waals surface area (Å²) in [5, 5.41) is 8.04. The predicted octanol–water partition coefficient (Wildman–Crippen LogP) is 7.39. The minimum Gasteiger partial charge on any atom is -0.362 e. The van der Waals surface area contributed by atoms with Crippen LogP contribution < -0.4 is 14.9 Å². The number of nitrogens with one attached hydrogen (secondary N) is 2. The van der Waals surface area contributed by atoms with Crippen molar-refractivity contribution < 1.29 is 13.2 Å². The van der Waals surface area contributed by atoms with Crippen LogP contribution in [0.15, 0.2) is 66.0 Å². The monoisotopic (exact) mass is 712 g/mol. The van der Waals surface area contributed by atoms with Gasteiger partial charge in [-0.15, -0.1) is 0 Å². The molecule has 4 aromatic rings. The molecule has 12 heteroatoms. The molecular formula is C39H52N8O3S. The van der Waals surface area contributed by atoms with E-state index in [-0.39, 0.29) is 44.8 Å². The Bertz CT molecular complexity index is 2010. The minimum atomic E-state index is -4.31. The van der Waals surface area contributed by atoms with Crippen LogP contribution in [0.2, 0.25) is 0 Å². The summed E-state index contributed by atoms with van der Waals surface area (Å²) in [4.78, 5) is 30.4. The zero-order chi connectivity index (χ0) is 36.9. The lowest BCUT2D eigenvalue weighted by Gasteiger charge is -2.34. The van der Waals surface area contributed by atoms with Crippen LogP contribution >= 0.6 is 0 Å². The summed E-state index contributed by atoms with van der Waals surface area (Å²) in [6, 6.07) is 14.1. The molecule has 1 fully saturated rings. The summed E-state index contributed by atoms with van der Waals surface area (Å²) in [5.41, 5.74) is 3.27. The van der Waals surface area contributed by atoms with Crippen LogP contribution in [0.5, 0.6) is 0 Å². The number of pyridine rings is 3. The molecule has 6 heterocycles. The van der Waals surface area contributed by atoms with Gasteiger partial charge in [0, 0.05) is 47.7 Å². The minimum absolute atomic E-state index is 0.221. The van der Waals surface area contributed by atoms with E-state index in [0.29, 0.717) is 18.2 Å². The highest BCUT2D eigenvalue weighted by molar-refractivity contribution is 7.90. The van der Waals surface area contributed by atoms with Gasteiger partial charge in [0.1, 0.15) is 11.6 Å². The van der Waals surface area contributed by atoms with Gasteiger partial charge in [-0.05, 0) is 92.8 Å². The first kappa shape index (κ1) is 36.5. The van der Waals surface area contributed by atoms with Crippen molar-refractivity contribution in [2.24, 2.45) is 17.3 Å². The van der Waals surface area contributed by atoms with E-state index in [1.54, 1.807) is 18.2 Å². The zero-order valence-corrected chi connectivity index (χ0v) is 32.2. The van der Waals surface area contributed by atoms with Gasteiger partial charge in [0.2, 0.25) is 0 Å². The zero-order valence-electron chi connectivity index (χ0n) is 31.4. The van der Waals surface area contributed by atoms with E-state index in [2.05, 4.69) is 82.2 Å². The Balaban J connectivity index is 1.37. The molecule has 0 saturated carbocycles. The number of nitrogens with zero attached hydrogens (tertiary/aromatic N) is 6. The van der Waals surface area contributed by atoms with Gasteiger partial charge >= 0.3 is 0 Å². The molecule has 0 spiro atoms. The first-order chi connectivity index (χ1) is 23.8. The molecule has 0 aromatic carbocycles. The molecule has 0 radical (unpaired) electrons. The molecule has 1 unspecified atom stereocenters. The summed E-state index contributed by atoms with van der Waals surface area (Å²) >= 11 is 0. The van der Waals surface area contributed by atoms with Crippen LogP contribution in [-0.4, -0.2) is 51.1 Å². The first-order valence-corrected chi connectivity index (χ1v) is 19.4. The molecule has 51 heavy (non-hydrogen) atoms. The second-order valence-electron chi connectivity index (χ2n) is 17.2. The Morgan fingerprint density at radius 2 is 1.75 bits per heavy atom. The van der Waals surface area contributed by atoms with Crippen molar-refractivity contribution in [2.45, 2.75) is 110 Å². The van der Waals surface area contributed by atoms with E-state index in [4.69, 9.17) is 15.1 Å². The Morgan fingerprint density at radius 1 is 0.980 bits per heavy atom. The molecule has 3 atom stereocenters. The summed E-state index contributed by atoms with van der Waals surface area (Å²) in [6.07, 6.45) is 6.49. The van der Waals surface area contributed by atoms with Crippen LogP contribution in [0, 0.1) is 17.3 Å². The summed E-state index contributed by atoms with van der Waals surface area (Å²) in [5.74, 6) is 0.642. The van der Waals surface area contributed by atoms with E-state index in [1.807, 2.05) is 41.3 Å². The molecule has 2 aliphatic rings. The average molecular weight is 713 g/mol. The fourth-order valence-electron chi connectivity index (χ4n) is 7.03. The lowest BCUT2D eigenvalue weighted by atomic mass is 9.83. The number of anilines is 2. The van der Waals surface area contributed by atoms with Crippen LogP contribution in [0.3, 0.4) is 0 Å². The van der Waals surface area contributed by atoms with Gasteiger partial charge in [-0.25, -0.2) is 14.7 Å². The number of hydrogen-bond donors (Lipinski definition) is 2. The number of amides is 1. The first-order valence-electron chi connectivity index (χ1n) is 17.9. The molecule has 1 saturated heterocycles. The molecule has 2 N–H and O–H groups in total. The van der Waals surface area contributed by atoms with E-state index in [0.717, 1.165) is 48.5 Å². The second-order valence-corrected chi connectivity index (χ2v) is 18.8. The number of sulfonamides is 1. The van der Waals surface area contributed by atoms with Crippen molar-refractivity contribution in [3.8, 4) is 11.3 Å². The predicted molar refractivity (Wildman–Crippen MR) is 201 cm³/mol. The van der Waals surface area contributed by atoms with E-state index in [1.165, 1.54) is 6.07 Å². The van der Waals surface area contributed by atoms with Gasteiger partial charge in [0.15, 0.2) is 5.03 Å². The highest BCUT2D eigenvalue weighted by atomic mass is 32.2. The molecule has 272 valence electrons. The summed E-state index contributed by atoms with van der Waals surface area (Å²) < 4.78 is 31.5. The topological polar surface area (TPSA) is 135 Å². The van der Waals surface area contributed by atoms with Crippen LogP contribution in [0.4, 0.5) is 11.6 Å². The Hall–Kier alpha value is -4.32. The maximum absolute atomic E-state index is 13.8. The SMILES string of the molecule is C[C@H]1CC(c2ccc(-c3ccn(CCC(C)(C)C)n3)cn2)Nc2cccc(n2)S(=O)(=O)NC(=O)c2ccc(C(C)(C)C)nc2N2C[C@@H]1CC2(C)C. The van der Waals surface area contributed by atoms with Gasteiger partial charge in [-0.1, -0.05) is 54.5 Å². The van der Waals surface area contributed by atoms with Crippen LogP contribution in [0.25, 0.3) is 11.3 Å². The third-order valence-electron chi connectivity index (χ3n) is 10.2. The standard InChI is InChI=1S/C39H52N8O3S/c1-25-21-31(30-15-13-26(23-40-30)29-17-19-46(44-29)20-18-37(2,3)4)41-33-11-10-12-34(43-33)51(49,50)45-36(48)28-14-16-32(38(5,6)7)42-35(28)47-24-27(25)22-39(47,8)9/h10-17,19,23,25,27,31H,18,20-22,24H2,1-9H3,(H,41,43)(H,45,48)/t25-,27-,31?/m0/s1. The fourth-order valence-corrected chi connectivity index (χ4v) is 7.96. The van der Waals surface area contributed by atoms with Gasteiger partial charge in [-0.2, -0.15) is 13.5 Å². The molecule has 11 nitrogen and oxygen atoms in total. The van der Waals surface area contributed by atoms with E-state index >= 15 is 0 Å². The highest BCUT2D eigenvalue weighted by Crippen LogP contribution is 2.43. The average Bonchev–Trinajstić information content (AvgIpc) is 3.66. The summed E-state index contributed by atoms with van der Waals surface area (Å²) in [6.45, 7) is 21.0.